The van der Waals surface area contributed by atoms with Crippen molar-refractivity contribution in [2.75, 3.05) is 26.7 Å². The lowest BCUT2D eigenvalue weighted by Gasteiger charge is -2.39. The molecule has 1 unspecified atom stereocenters. The number of nitrogens with one attached hydrogen (secondary N) is 1. The zero-order valence-corrected chi connectivity index (χ0v) is 12.7. The van der Waals surface area contributed by atoms with Gasteiger partial charge in [-0.25, -0.2) is 0 Å². The maximum atomic E-state index is 9.39. The average Bonchev–Trinajstić information content (AvgIpc) is 2.34. The molecular formula is C15H32N2O. The van der Waals surface area contributed by atoms with E-state index in [0.29, 0.717) is 11.5 Å². The van der Waals surface area contributed by atoms with E-state index < -0.39 is 0 Å². The van der Waals surface area contributed by atoms with E-state index in [1.807, 2.05) is 0 Å². The summed E-state index contributed by atoms with van der Waals surface area (Å²) in [6.45, 7) is 9.11. The molecule has 108 valence electrons. The largest absolute Gasteiger partial charge is 0.395 e. The van der Waals surface area contributed by atoms with Gasteiger partial charge in [0.2, 0.25) is 0 Å². The molecule has 0 saturated heterocycles. The van der Waals surface area contributed by atoms with Gasteiger partial charge in [-0.1, -0.05) is 20.8 Å². The molecule has 1 atom stereocenters. The van der Waals surface area contributed by atoms with Crippen molar-refractivity contribution in [1.82, 2.24) is 10.2 Å². The fraction of sp³-hybridized carbons (Fsp3) is 1.00. The number of hydrogen-bond donors (Lipinski definition) is 2. The highest BCUT2D eigenvalue weighted by atomic mass is 16.3. The Morgan fingerprint density at radius 2 is 1.94 bits per heavy atom. The molecule has 1 aliphatic carbocycles. The van der Waals surface area contributed by atoms with Crippen molar-refractivity contribution in [1.29, 1.82) is 0 Å². The third kappa shape index (κ3) is 5.25. The molecule has 1 saturated carbocycles. The molecule has 1 aliphatic rings. The van der Waals surface area contributed by atoms with E-state index in [1.54, 1.807) is 0 Å². The van der Waals surface area contributed by atoms with E-state index in [2.05, 4.69) is 38.0 Å². The van der Waals surface area contributed by atoms with Gasteiger partial charge in [0.1, 0.15) is 0 Å². The Hall–Kier alpha value is -0.120. The Kier molecular flexibility index (Phi) is 6.61. The molecule has 3 nitrogen and oxygen atoms in total. The minimum atomic E-state index is 0.227. The van der Waals surface area contributed by atoms with Crippen LogP contribution in [0.3, 0.4) is 0 Å². The lowest BCUT2D eigenvalue weighted by Crippen LogP contribution is -2.47. The van der Waals surface area contributed by atoms with Crippen LogP contribution in [0.2, 0.25) is 0 Å². The van der Waals surface area contributed by atoms with E-state index in [1.165, 1.54) is 25.7 Å². The van der Waals surface area contributed by atoms with Crippen molar-refractivity contribution >= 4 is 0 Å². The highest BCUT2D eigenvalue weighted by Gasteiger charge is 2.29. The fourth-order valence-electron chi connectivity index (χ4n) is 2.86. The molecule has 0 aromatic rings. The molecule has 0 aliphatic heterocycles. The quantitative estimate of drug-likeness (QED) is 0.733. The number of likely N-dealkylation sites (N-methyl/N-ethyl adjacent to an activating group) is 1. The number of aliphatic hydroxyl groups is 1. The van der Waals surface area contributed by atoms with Crippen LogP contribution in [0.25, 0.3) is 0 Å². The predicted molar refractivity (Wildman–Crippen MR) is 77.8 cm³/mol. The lowest BCUT2D eigenvalue weighted by molar-refractivity contribution is 0.108. The van der Waals surface area contributed by atoms with E-state index in [-0.39, 0.29) is 12.6 Å². The van der Waals surface area contributed by atoms with Crippen LogP contribution in [0, 0.1) is 5.41 Å². The van der Waals surface area contributed by atoms with Gasteiger partial charge >= 0.3 is 0 Å². The van der Waals surface area contributed by atoms with Crippen LogP contribution < -0.4 is 5.32 Å². The van der Waals surface area contributed by atoms with Crippen molar-refractivity contribution < 1.29 is 5.11 Å². The van der Waals surface area contributed by atoms with Gasteiger partial charge in [0.25, 0.3) is 0 Å². The fourth-order valence-corrected chi connectivity index (χ4v) is 2.86. The van der Waals surface area contributed by atoms with Crippen LogP contribution in [-0.2, 0) is 0 Å². The molecule has 2 N–H and O–H groups in total. The Labute approximate surface area is 113 Å². The maximum absolute atomic E-state index is 9.39. The second kappa shape index (κ2) is 7.46. The summed E-state index contributed by atoms with van der Waals surface area (Å²) < 4.78 is 0. The van der Waals surface area contributed by atoms with Crippen LogP contribution >= 0.6 is 0 Å². The lowest BCUT2D eigenvalue weighted by atomic mass is 9.75. The summed E-state index contributed by atoms with van der Waals surface area (Å²) in [5.41, 5.74) is 0.536. The molecule has 0 aromatic heterocycles. The van der Waals surface area contributed by atoms with Gasteiger partial charge in [-0.15, -0.1) is 0 Å². The van der Waals surface area contributed by atoms with E-state index in [9.17, 15) is 5.11 Å². The van der Waals surface area contributed by atoms with Gasteiger partial charge in [-0.2, -0.15) is 0 Å². The monoisotopic (exact) mass is 256 g/mol. The SMILES string of the molecule is CCCNC(CO)CN(C)C1CCC(C)(C)CC1. The zero-order chi connectivity index (χ0) is 13.6. The molecule has 0 heterocycles. The zero-order valence-electron chi connectivity index (χ0n) is 12.7. The first-order valence-corrected chi connectivity index (χ1v) is 7.53. The van der Waals surface area contributed by atoms with Crippen LogP contribution in [0.1, 0.15) is 52.9 Å². The third-order valence-corrected chi connectivity index (χ3v) is 4.34. The smallest absolute Gasteiger partial charge is 0.0597 e. The molecule has 0 radical (unpaired) electrons. The van der Waals surface area contributed by atoms with Gasteiger partial charge in [-0.05, 0) is 51.1 Å². The predicted octanol–water partition coefficient (Wildman–Crippen LogP) is 2.25. The number of aliphatic hydroxyl groups excluding tert-OH is 1. The Morgan fingerprint density at radius 1 is 1.33 bits per heavy atom. The summed E-state index contributed by atoms with van der Waals surface area (Å²) in [6.07, 6.45) is 6.38. The van der Waals surface area contributed by atoms with E-state index in [4.69, 9.17) is 0 Å². The van der Waals surface area contributed by atoms with Gasteiger partial charge in [-0.3, -0.25) is 0 Å². The highest BCUT2D eigenvalue weighted by Crippen LogP contribution is 2.36. The molecule has 1 rings (SSSR count). The average molecular weight is 256 g/mol. The first kappa shape index (κ1) is 15.9. The van der Waals surface area contributed by atoms with Gasteiger partial charge in [0.15, 0.2) is 0 Å². The van der Waals surface area contributed by atoms with Crippen molar-refractivity contribution in [3.63, 3.8) is 0 Å². The van der Waals surface area contributed by atoms with Gasteiger partial charge < -0.3 is 15.3 Å². The van der Waals surface area contributed by atoms with Crippen molar-refractivity contribution in [2.45, 2.75) is 65.0 Å². The van der Waals surface area contributed by atoms with Gasteiger partial charge in [0, 0.05) is 18.6 Å². The number of nitrogens with zero attached hydrogens (tertiary/aromatic N) is 1. The summed E-state index contributed by atoms with van der Waals surface area (Å²) in [7, 11) is 2.21. The topological polar surface area (TPSA) is 35.5 Å². The van der Waals surface area contributed by atoms with Crippen molar-refractivity contribution in [2.24, 2.45) is 5.41 Å². The van der Waals surface area contributed by atoms with Crippen molar-refractivity contribution in [3.05, 3.63) is 0 Å². The molecule has 1 fully saturated rings. The standard InChI is InChI=1S/C15H32N2O/c1-5-10-16-13(12-18)11-17(4)14-6-8-15(2,3)9-7-14/h13-14,16,18H,5-12H2,1-4H3. The Balaban J connectivity index is 2.33. The van der Waals surface area contributed by atoms with Crippen LogP contribution in [0.5, 0.6) is 0 Å². The summed E-state index contributed by atoms with van der Waals surface area (Å²) in [4.78, 5) is 2.44. The van der Waals surface area contributed by atoms with E-state index >= 15 is 0 Å². The summed E-state index contributed by atoms with van der Waals surface area (Å²) in [5, 5.41) is 12.8. The molecule has 18 heavy (non-hydrogen) atoms. The molecule has 0 bridgehead atoms. The molecule has 0 spiro atoms. The Morgan fingerprint density at radius 3 is 2.44 bits per heavy atom. The maximum Gasteiger partial charge on any atom is 0.0597 e. The van der Waals surface area contributed by atoms with Crippen molar-refractivity contribution in [3.8, 4) is 0 Å². The van der Waals surface area contributed by atoms with Crippen LogP contribution in [0.4, 0.5) is 0 Å². The molecular weight excluding hydrogens is 224 g/mol. The van der Waals surface area contributed by atoms with Crippen LogP contribution in [0.15, 0.2) is 0 Å². The highest BCUT2D eigenvalue weighted by molar-refractivity contribution is 4.84. The van der Waals surface area contributed by atoms with E-state index in [0.717, 1.165) is 19.5 Å². The summed E-state index contributed by atoms with van der Waals surface area (Å²) in [6, 6.07) is 0.931. The minimum absolute atomic E-state index is 0.227. The minimum Gasteiger partial charge on any atom is -0.395 e. The molecule has 0 amide bonds. The number of rotatable bonds is 7. The normalized spacial score (nSPS) is 22.3. The van der Waals surface area contributed by atoms with Gasteiger partial charge in [0.05, 0.1) is 6.61 Å². The molecule has 3 heteroatoms. The third-order valence-electron chi connectivity index (χ3n) is 4.34. The first-order valence-electron chi connectivity index (χ1n) is 7.53. The summed E-state index contributed by atoms with van der Waals surface area (Å²) >= 11 is 0. The molecule has 0 aromatic carbocycles. The Bertz CT molecular complexity index is 221. The second-order valence-electron chi connectivity index (χ2n) is 6.67. The first-order chi connectivity index (χ1) is 8.48. The van der Waals surface area contributed by atoms with Crippen LogP contribution in [-0.4, -0.2) is 48.8 Å². The number of hydrogen-bond acceptors (Lipinski definition) is 3. The second-order valence-corrected chi connectivity index (χ2v) is 6.67. The summed E-state index contributed by atoms with van der Waals surface area (Å²) in [5.74, 6) is 0.